The van der Waals surface area contributed by atoms with Crippen molar-refractivity contribution in [2.24, 2.45) is 0 Å². The molecule has 1 heterocycles. The summed E-state index contributed by atoms with van der Waals surface area (Å²) in [4.78, 5) is 23.8. The zero-order valence-electron chi connectivity index (χ0n) is 11.5. The molecule has 0 spiro atoms. The maximum absolute atomic E-state index is 13.7. The molecule has 0 bridgehead atoms. The lowest BCUT2D eigenvalue weighted by molar-refractivity contribution is -0.137. The second kappa shape index (κ2) is 6.88. The first kappa shape index (κ1) is 15.0. The number of aliphatic carboxylic acids is 1. The summed E-state index contributed by atoms with van der Waals surface area (Å²) in [6.45, 7) is 1.09. The summed E-state index contributed by atoms with van der Waals surface area (Å²) >= 11 is 0. The van der Waals surface area contributed by atoms with Gasteiger partial charge < -0.3 is 15.3 Å². The maximum Gasteiger partial charge on any atom is 0.317 e. The summed E-state index contributed by atoms with van der Waals surface area (Å²) in [7, 11) is 0. The van der Waals surface area contributed by atoms with Crippen molar-refractivity contribution < 1.29 is 19.1 Å². The number of carboxylic acids is 1. The highest BCUT2D eigenvalue weighted by molar-refractivity contribution is 5.80. The molecule has 1 aliphatic rings. The minimum absolute atomic E-state index is 0.0268. The van der Waals surface area contributed by atoms with Crippen LogP contribution in [0.25, 0.3) is 5.57 Å². The first-order valence-electron chi connectivity index (χ1n) is 6.76. The molecule has 5 nitrogen and oxygen atoms in total. The molecule has 2 N–H and O–H groups in total. The fourth-order valence-electron chi connectivity index (χ4n) is 2.17. The van der Waals surface area contributed by atoms with E-state index >= 15 is 0 Å². The van der Waals surface area contributed by atoms with E-state index in [1.807, 2.05) is 6.08 Å². The van der Waals surface area contributed by atoms with Crippen LogP contribution in [0, 0.1) is 5.82 Å². The fraction of sp³-hybridized carbons (Fsp3) is 0.333. The van der Waals surface area contributed by atoms with Crippen molar-refractivity contribution in [1.29, 1.82) is 0 Å². The lowest BCUT2D eigenvalue weighted by Gasteiger charge is -2.17. The van der Waals surface area contributed by atoms with Crippen LogP contribution in [0.5, 0.6) is 0 Å². The van der Waals surface area contributed by atoms with Gasteiger partial charge >= 0.3 is 12.0 Å². The van der Waals surface area contributed by atoms with E-state index in [1.165, 1.54) is 6.07 Å². The highest BCUT2D eigenvalue weighted by Gasteiger charge is 2.21. The normalized spacial score (nSPS) is 14.0. The molecule has 0 aromatic heterocycles. The van der Waals surface area contributed by atoms with E-state index in [0.717, 1.165) is 5.57 Å². The van der Waals surface area contributed by atoms with Crippen LogP contribution in [0.4, 0.5) is 9.18 Å². The van der Waals surface area contributed by atoms with Crippen LogP contribution in [-0.2, 0) is 4.79 Å². The van der Waals surface area contributed by atoms with E-state index < -0.39 is 5.97 Å². The highest BCUT2D eigenvalue weighted by atomic mass is 19.1. The van der Waals surface area contributed by atoms with Crippen molar-refractivity contribution in [2.75, 3.05) is 19.6 Å². The van der Waals surface area contributed by atoms with Crippen LogP contribution in [0.1, 0.15) is 18.4 Å². The lowest BCUT2D eigenvalue weighted by atomic mass is 10.1. The first-order chi connectivity index (χ1) is 10.1. The molecule has 0 saturated heterocycles. The summed E-state index contributed by atoms with van der Waals surface area (Å²) in [6, 6.07) is 6.21. The number of urea groups is 1. The van der Waals surface area contributed by atoms with Crippen molar-refractivity contribution in [2.45, 2.75) is 12.8 Å². The quantitative estimate of drug-likeness (QED) is 0.817. The summed E-state index contributed by atoms with van der Waals surface area (Å²) in [5, 5.41) is 11.2. The van der Waals surface area contributed by atoms with E-state index in [-0.39, 0.29) is 18.3 Å². The van der Waals surface area contributed by atoms with Crippen LogP contribution in [-0.4, -0.2) is 41.6 Å². The number of benzene rings is 1. The number of amides is 2. The number of hydrogen-bond acceptors (Lipinski definition) is 2. The molecule has 0 saturated carbocycles. The predicted molar refractivity (Wildman–Crippen MR) is 76.2 cm³/mol. The number of rotatable bonds is 5. The van der Waals surface area contributed by atoms with Gasteiger partial charge in [0.1, 0.15) is 5.82 Å². The molecule has 0 unspecified atom stereocenters. The second-order valence-electron chi connectivity index (χ2n) is 4.82. The molecule has 1 aromatic carbocycles. The van der Waals surface area contributed by atoms with Gasteiger partial charge in [-0.05, 0) is 18.1 Å². The topological polar surface area (TPSA) is 69.6 Å². The molecule has 0 atom stereocenters. The van der Waals surface area contributed by atoms with Gasteiger partial charge in [0.05, 0.1) is 0 Å². The Balaban J connectivity index is 1.82. The summed E-state index contributed by atoms with van der Waals surface area (Å²) in [5.74, 6) is -1.18. The van der Waals surface area contributed by atoms with Gasteiger partial charge in [-0.25, -0.2) is 9.18 Å². The van der Waals surface area contributed by atoms with Crippen molar-refractivity contribution in [3.8, 4) is 0 Å². The Hall–Kier alpha value is -2.37. The monoisotopic (exact) mass is 292 g/mol. The van der Waals surface area contributed by atoms with Gasteiger partial charge in [-0.3, -0.25) is 4.79 Å². The number of hydrogen-bond donors (Lipinski definition) is 2. The number of carbonyl (C=O) groups excluding carboxylic acids is 1. The SMILES string of the molecule is O=C(O)CCCNC(=O)N1CC=C(c2ccccc2F)C1. The van der Waals surface area contributed by atoms with Gasteiger partial charge in [0.2, 0.25) is 0 Å². The van der Waals surface area contributed by atoms with Crippen LogP contribution in [0.2, 0.25) is 0 Å². The van der Waals surface area contributed by atoms with Crippen LogP contribution in [0.15, 0.2) is 30.3 Å². The third-order valence-electron chi connectivity index (χ3n) is 3.27. The molecule has 112 valence electrons. The van der Waals surface area contributed by atoms with E-state index in [2.05, 4.69) is 5.32 Å². The smallest absolute Gasteiger partial charge is 0.317 e. The zero-order chi connectivity index (χ0) is 15.2. The molecule has 0 fully saturated rings. The summed E-state index contributed by atoms with van der Waals surface area (Å²) in [5.41, 5.74) is 1.30. The minimum atomic E-state index is -0.881. The Labute approximate surface area is 122 Å². The van der Waals surface area contributed by atoms with Crippen molar-refractivity contribution >= 4 is 17.6 Å². The number of nitrogens with one attached hydrogen (secondary N) is 1. The number of nitrogens with zero attached hydrogens (tertiary/aromatic N) is 1. The Morgan fingerprint density at radius 2 is 2.10 bits per heavy atom. The third-order valence-corrected chi connectivity index (χ3v) is 3.27. The largest absolute Gasteiger partial charge is 0.481 e. The highest BCUT2D eigenvalue weighted by Crippen LogP contribution is 2.23. The number of carbonyl (C=O) groups is 2. The Morgan fingerprint density at radius 1 is 1.33 bits per heavy atom. The Kier molecular flexibility index (Phi) is 4.92. The molecule has 1 aliphatic heterocycles. The molecule has 2 amide bonds. The first-order valence-corrected chi connectivity index (χ1v) is 6.76. The maximum atomic E-state index is 13.7. The molecule has 2 rings (SSSR count). The van der Waals surface area contributed by atoms with Gasteiger partial charge in [-0.2, -0.15) is 0 Å². The molecular formula is C15H17FN2O3. The van der Waals surface area contributed by atoms with E-state index in [4.69, 9.17) is 5.11 Å². The minimum Gasteiger partial charge on any atom is -0.481 e. The van der Waals surface area contributed by atoms with E-state index in [0.29, 0.717) is 31.6 Å². The molecule has 21 heavy (non-hydrogen) atoms. The van der Waals surface area contributed by atoms with Gasteiger partial charge in [-0.15, -0.1) is 0 Å². The summed E-state index contributed by atoms with van der Waals surface area (Å²) in [6.07, 6.45) is 2.25. The number of carboxylic acid groups (broad SMARTS) is 1. The van der Waals surface area contributed by atoms with Gasteiger partial charge in [0, 0.05) is 31.6 Å². The van der Waals surface area contributed by atoms with Crippen molar-refractivity contribution in [3.63, 3.8) is 0 Å². The van der Waals surface area contributed by atoms with Gasteiger partial charge in [0.25, 0.3) is 0 Å². The summed E-state index contributed by atoms with van der Waals surface area (Å²) < 4.78 is 13.7. The fourth-order valence-corrected chi connectivity index (χ4v) is 2.17. The predicted octanol–water partition coefficient (Wildman–Crippen LogP) is 2.10. The molecule has 6 heteroatoms. The van der Waals surface area contributed by atoms with E-state index in [1.54, 1.807) is 23.1 Å². The second-order valence-corrected chi connectivity index (χ2v) is 4.82. The molecule has 0 radical (unpaired) electrons. The van der Waals surface area contributed by atoms with Crippen LogP contribution in [0.3, 0.4) is 0 Å². The average molecular weight is 292 g/mol. The van der Waals surface area contributed by atoms with E-state index in [9.17, 15) is 14.0 Å². The Bertz CT molecular complexity index is 572. The van der Waals surface area contributed by atoms with Crippen molar-refractivity contribution in [3.05, 3.63) is 41.7 Å². The molecular weight excluding hydrogens is 275 g/mol. The van der Waals surface area contributed by atoms with Crippen LogP contribution < -0.4 is 5.32 Å². The third kappa shape index (κ3) is 4.05. The lowest BCUT2D eigenvalue weighted by Crippen LogP contribution is -2.39. The molecule has 1 aromatic rings. The Morgan fingerprint density at radius 3 is 2.81 bits per heavy atom. The van der Waals surface area contributed by atoms with Crippen LogP contribution >= 0.6 is 0 Å². The van der Waals surface area contributed by atoms with Crippen molar-refractivity contribution in [1.82, 2.24) is 10.2 Å². The van der Waals surface area contributed by atoms with Gasteiger partial charge in [-0.1, -0.05) is 24.3 Å². The standard InChI is InChI=1S/C15H17FN2O3/c16-13-5-2-1-4-12(13)11-7-9-18(10-11)15(21)17-8-3-6-14(19)20/h1-2,4-5,7H,3,6,8-10H2,(H,17,21)(H,19,20). The number of halogens is 1. The zero-order valence-corrected chi connectivity index (χ0v) is 11.5. The average Bonchev–Trinajstić information content (AvgIpc) is 2.93. The molecule has 0 aliphatic carbocycles. The van der Waals surface area contributed by atoms with Gasteiger partial charge in [0.15, 0.2) is 0 Å².